The van der Waals surface area contributed by atoms with E-state index in [1.165, 1.54) is 12.1 Å². The molecule has 0 saturated carbocycles. The molecule has 1 atom stereocenters. The minimum Gasteiger partial charge on any atom is -0.508 e. The third-order valence-electron chi connectivity index (χ3n) is 6.02. The van der Waals surface area contributed by atoms with Crippen LogP contribution in [0.25, 0.3) is 34.4 Å². The van der Waals surface area contributed by atoms with Crippen molar-refractivity contribution in [2.75, 3.05) is 19.6 Å². The number of fused-ring (bicyclic) bond motifs is 1. The number of halogens is 1. The Morgan fingerprint density at radius 2 is 2.00 bits per heavy atom. The van der Waals surface area contributed by atoms with E-state index in [2.05, 4.69) is 20.5 Å². The monoisotopic (exact) mass is 457 g/mol. The van der Waals surface area contributed by atoms with Gasteiger partial charge in [0.1, 0.15) is 11.6 Å². The second-order valence-electron chi connectivity index (χ2n) is 8.35. The van der Waals surface area contributed by atoms with E-state index < -0.39 is 5.82 Å². The molecule has 1 amide bonds. The second kappa shape index (κ2) is 9.07. The van der Waals surface area contributed by atoms with Gasteiger partial charge in [-0.2, -0.15) is 5.10 Å². The van der Waals surface area contributed by atoms with Crippen LogP contribution in [0, 0.1) is 5.82 Å². The highest BCUT2D eigenvalue weighted by atomic mass is 19.1. The Hall–Kier alpha value is -4.04. The maximum absolute atomic E-state index is 14.7. The number of piperazine rings is 1. The Balaban J connectivity index is 1.66. The summed E-state index contributed by atoms with van der Waals surface area (Å²) in [6.07, 6.45) is 3.80. The van der Waals surface area contributed by atoms with Gasteiger partial charge >= 0.3 is 0 Å². The minimum absolute atomic E-state index is 0.00790. The lowest BCUT2D eigenvalue weighted by Crippen LogP contribution is -2.52. The van der Waals surface area contributed by atoms with Gasteiger partial charge in [-0.3, -0.25) is 9.89 Å². The number of carbonyl (C=O) groups is 1. The highest BCUT2D eigenvalue weighted by molar-refractivity contribution is 6.09. The first-order valence-electron chi connectivity index (χ1n) is 11.1. The van der Waals surface area contributed by atoms with Crippen molar-refractivity contribution in [2.24, 2.45) is 0 Å². The number of amides is 1. The number of H-pyrrole nitrogens is 1. The van der Waals surface area contributed by atoms with Gasteiger partial charge in [0.05, 0.1) is 22.3 Å². The van der Waals surface area contributed by atoms with E-state index in [4.69, 9.17) is 0 Å². The molecule has 0 unspecified atom stereocenters. The molecule has 2 aromatic carbocycles. The van der Waals surface area contributed by atoms with Crippen LogP contribution in [-0.2, 0) is 0 Å². The number of pyridine rings is 1. The summed E-state index contributed by atoms with van der Waals surface area (Å²) in [7, 11) is 0. The number of nitrogens with zero attached hydrogens (tertiary/aromatic N) is 3. The first-order chi connectivity index (χ1) is 16.5. The van der Waals surface area contributed by atoms with E-state index >= 15 is 0 Å². The number of carbonyl (C=O) groups excluding carboxylic acids is 1. The Bertz CT molecular complexity index is 1380. The fraction of sp³-hybridized carbons (Fsp3) is 0.192. The quantitative estimate of drug-likeness (QED) is 0.429. The van der Waals surface area contributed by atoms with Crippen molar-refractivity contribution in [1.29, 1.82) is 0 Å². The van der Waals surface area contributed by atoms with Gasteiger partial charge < -0.3 is 15.3 Å². The van der Waals surface area contributed by atoms with Crippen LogP contribution >= 0.6 is 0 Å². The molecule has 1 fully saturated rings. The van der Waals surface area contributed by atoms with Gasteiger partial charge in [0, 0.05) is 37.3 Å². The lowest BCUT2D eigenvalue weighted by molar-refractivity contribution is 0.0657. The average Bonchev–Trinajstić information content (AvgIpc) is 3.26. The number of aromatic nitrogens is 3. The molecule has 0 radical (unpaired) electrons. The van der Waals surface area contributed by atoms with Gasteiger partial charge in [-0.15, -0.1) is 0 Å². The van der Waals surface area contributed by atoms with Crippen LogP contribution in [-0.4, -0.2) is 56.8 Å². The number of aromatic amines is 1. The Morgan fingerprint density at radius 3 is 2.76 bits per heavy atom. The fourth-order valence-corrected chi connectivity index (χ4v) is 4.23. The molecule has 0 aliphatic carbocycles. The highest BCUT2D eigenvalue weighted by Crippen LogP contribution is 2.31. The third-order valence-corrected chi connectivity index (χ3v) is 6.02. The molecule has 3 heterocycles. The lowest BCUT2D eigenvalue weighted by atomic mass is 10.0. The molecule has 2 aromatic heterocycles. The molecule has 5 rings (SSSR count). The molecule has 0 spiro atoms. The predicted octanol–water partition coefficient (Wildman–Crippen LogP) is 4.07. The minimum atomic E-state index is -0.625. The van der Waals surface area contributed by atoms with Crippen molar-refractivity contribution < 1.29 is 14.3 Å². The SMILES string of the molecule is C[C@H]1CNCCN1C(=O)c1cc(-c2ccc(O)cc2F)nc2n[nH]c(C=Cc3ccccc3)c12. The molecule has 1 aliphatic rings. The van der Waals surface area contributed by atoms with Crippen molar-refractivity contribution in [1.82, 2.24) is 25.4 Å². The maximum atomic E-state index is 14.7. The topological polar surface area (TPSA) is 94.1 Å². The van der Waals surface area contributed by atoms with Gasteiger partial charge in [-0.05, 0) is 36.8 Å². The van der Waals surface area contributed by atoms with E-state index in [9.17, 15) is 14.3 Å². The summed E-state index contributed by atoms with van der Waals surface area (Å²) in [5.41, 5.74) is 2.85. The van der Waals surface area contributed by atoms with Crippen molar-refractivity contribution in [3.05, 3.63) is 77.2 Å². The predicted molar refractivity (Wildman–Crippen MR) is 130 cm³/mol. The molecule has 1 saturated heterocycles. The zero-order chi connectivity index (χ0) is 23.7. The molecule has 172 valence electrons. The summed E-state index contributed by atoms with van der Waals surface area (Å²) in [5.74, 6) is -0.959. The molecular weight excluding hydrogens is 433 g/mol. The largest absolute Gasteiger partial charge is 0.508 e. The first kappa shape index (κ1) is 21.8. The second-order valence-corrected chi connectivity index (χ2v) is 8.35. The molecular formula is C26H24FN5O2. The van der Waals surface area contributed by atoms with Crippen LogP contribution in [0.2, 0.25) is 0 Å². The number of rotatable bonds is 4. The Morgan fingerprint density at radius 1 is 1.18 bits per heavy atom. The normalized spacial score (nSPS) is 16.4. The van der Waals surface area contributed by atoms with E-state index in [-0.39, 0.29) is 29.0 Å². The van der Waals surface area contributed by atoms with E-state index in [1.807, 2.05) is 54.3 Å². The van der Waals surface area contributed by atoms with Crippen LogP contribution < -0.4 is 5.32 Å². The fourth-order valence-electron chi connectivity index (χ4n) is 4.23. The van der Waals surface area contributed by atoms with Crippen molar-refractivity contribution in [3.63, 3.8) is 0 Å². The summed E-state index contributed by atoms with van der Waals surface area (Å²) in [6.45, 7) is 3.97. The average molecular weight is 458 g/mol. The highest BCUT2D eigenvalue weighted by Gasteiger charge is 2.28. The van der Waals surface area contributed by atoms with E-state index in [0.29, 0.717) is 41.9 Å². The molecule has 0 bridgehead atoms. The number of nitrogens with one attached hydrogen (secondary N) is 2. The number of phenols is 1. The number of hydrogen-bond acceptors (Lipinski definition) is 5. The van der Waals surface area contributed by atoms with Crippen LogP contribution in [0.4, 0.5) is 4.39 Å². The van der Waals surface area contributed by atoms with Gasteiger partial charge in [-0.1, -0.05) is 36.4 Å². The molecule has 1 aliphatic heterocycles. The lowest BCUT2D eigenvalue weighted by Gasteiger charge is -2.34. The summed E-state index contributed by atoms with van der Waals surface area (Å²) in [6, 6.07) is 15.3. The number of benzene rings is 2. The van der Waals surface area contributed by atoms with Crippen LogP contribution in [0.5, 0.6) is 5.75 Å². The summed E-state index contributed by atoms with van der Waals surface area (Å²) >= 11 is 0. The summed E-state index contributed by atoms with van der Waals surface area (Å²) in [5, 5.41) is 20.8. The molecule has 7 nitrogen and oxygen atoms in total. The Kier molecular flexibility index (Phi) is 5.81. The molecule has 3 N–H and O–H groups in total. The van der Waals surface area contributed by atoms with Gasteiger partial charge in [-0.25, -0.2) is 9.37 Å². The van der Waals surface area contributed by atoms with Crippen LogP contribution in [0.3, 0.4) is 0 Å². The summed E-state index contributed by atoms with van der Waals surface area (Å²) in [4.78, 5) is 20.1. The van der Waals surface area contributed by atoms with Gasteiger partial charge in [0.25, 0.3) is 5.91 Å². The molecule has 8 heteroatoms. The standard InChI is InChI=1S/C26H24FN5O2/c1-16-15-28-11-12-32(16)26(34)20-14-23(19-9-8-18(33)13-21(19)27)29-25-24(20)22(30-31-25)10-7-17-5-3-2-4-6-17/h2-10,13-14,16,28,33H,11-12,15H2,1H3,(H,29,30,31)/t16-/m0/s1. The van der Waals surface area contributed by atoms with Crippen molar-refractivity contribution in [2.45, 2.75) is 13.0 Å². The smallest absolute Gasteiger partial charge is 0.255 e. The van der Waals surface area contributed by atoms with Crippen LogP contribution in [0.1, 0.15) is 28.5 Å². The zero-order valence-electron chi connectivity index (χ0n) is 18.6. The number of hydrogen-bond donors (Lipinski definition) is 3. The van der Waals surface area contributed by atoms with Crippen LogP contribution in [0.15, 0.2) is 54.6 Å². The third kappa shape index (κ3) is 4.15. The van der Waals surface area contributed by atoms with E-state index in [0.717, 1.165) is 11.6 Å². The Labute approximate surface area is 195 Å². The summed E-state index contributed by atoms with van der Waals surface area (Å²) < 4.78 is 14.7. The van der Waals surface area contributed by atoms with Crippen molar-refractivity contribution >= 4 is 29.1 Å². The maximum Gasteiger partial charge on any atom is 0.255 e. The van der Waals surface area contributed by atoms with E-state index in [1.54, 1.807) is 6.07 Å². The zero-order valence-corrected chi connectivity index (χ0v) is 18.6. The first-order valence-corrected chi connectivity index (χ1v) is 11.1. The number of aromatic hydroxyl groups is 1. The van der Waals surface area contributed by atoms with Crippen molar-refractivity contribution in [3.8, 4) is 17.0 Å². The van der Waals surface area contributed by atoms with Gasteiger partial charge in [0.15, 0.2) is 5.65 Å². The molecule has 34 heavy (non-hydrogen) atoms. The van der Waals surface area contributed by atoms with Gasteiger partial charge in [0.2, 0.25) is 0 Å². The number of phenolic OH excluding ortho intramolecular Hbond substituents is 1. The molecule has 4 aromatic rings.